The highest BCUT2D eigenvalue weighted by atomic mass is 16.5. The van der Waals surface area contributed by atoms with E-state index in [1.54, 1.807) is 0 Å². The van der Waals surface area contributed by atoms with E-state index in [-0.39, 0.29) is 10.8 Å². The highest BCUT2D eigenvalue weighted by Crippen LogP contribution is 2.51. The van der Waals surface area contributed by atoms with Crippen molar-refractivity contribution in [3.8, 4) is 39.7 Å². The predicted molar refractivity (Wildman–Crippen MR) is 213 cm³/mol. The second-order valence-electron chi connectivity index (χ2n) is 17.1. The predicted octanol–water partition coefficient (Wildman–Crippen LogP) is 9.84. The highest BCUT2D eigenvalue weighted by molar-refractivity contribution is 5.81. The number of hydrogen-bond donors (Lipinski definition) is 0. The maximum absolute atomic E-state index is 6.86. The van der Waals surface area contributed by atoms with Crippen molar-refractivity contribution in [2.24, 2.45) is 0 Å². The lowest BCUT2D eigenvalue weighted by molar-refractivity contribution is -1.15. The average molecular weight is 709 g/mol. The molecule has 0 radical (unpaired) electrons. The molecule has 1 atom stereocenters. The van der Waals surface area contributed by atoms with Gasteiger partial charge in [-0.05, 0) is 86.7 Å². The Labute approximate surface area is 317 Å². The van der Waals surface area contributed by atoms with Crippen LogP contribution in [-0.2, 0) is 16.6 Å². The van der Waals surface area contributed by atoms with Crippen molar-refractivity contribution in [3.05, 3.63) is 162 Å². The number of anilines is 3. The van der Waals surface area contributed by atoms with Crippen LogP contribution in [0.1, 0.15) is 69.6 Å². The van der Waals surface area contributed by atoms with E-state index in [9.17, 15) is 0 Å². The third kappa shape index (κ3) is 4.31. The van der Waals surface area contributed by atoms with Gasteiger partial charge in [-0.25, -0.2) is 4.90 Å². The van der Waals surface area contributed by atoms with Gasteiger partial charge in [-0.1, -0.05) is 117 Å². The summed E-state index contributed by atoms with van der Waals surface area (Å²) in [5, 5.41) is 0. The van der Waals surface area contributed by atoms with Crippen LogP contribution in [0.5, 0.6) is 11.6 Å². The number of rotatable bonds is 3. The van der Waals surface area contributed by atoms with Crippen LogP contribution in [0.25, 0.3) is 28.1 Å². The summed E-state index contributed by atoms with van der Waals surface area (Å²) in [6, 6.07) is 46.4. The lowest BCUT2D eigenvalue weighted by Gasteiger charge is -2.35. The molecule has 266 valence electrons. The molecule has 0 saturated carbocycles. The molecule has 7 aromatic rings. The van der Waals surface area contributed by atoms with Crippen LogP contribution in [0.2, 0.25) is 0 Å². The van der Waals surface area contributed by atoms with Gasteiger partial charge in [0.25, 0.3) is 0 Å². The number of nitrogens with zero attached hydrogens (tertiary/aromatic N) is 5. The maximum Gasteiger partial charge on any atom is 0.565 e. The number of benzene rings is 4. The second kappa shape index (κ2) is 11.0. The van der Waals surface area contributed by atoms with Gasteiger partial charge in [0.1, 0.15) is 11.4 Å². The normalized spacial score (nSPS) is 16.3. The molecular weight excluding hydrogens is 663 g/mol. The molecule has 3 aliphatic heterocycles. The van der Waals surface area contributed by atoms with Crippen molar-refractivity contribution >= 4 is 17.2 Å². The van der Waals surface area contributed by atoms with E-state index in [0.717, 1.165) is 40.2 Å². The van der Waals surface area contributed by atoms with Crippen molar-refractivity contribution in [2.45, 2.75) is 72.0 Å². The van der Waals surface area contributed by atoms with Gasteiger partial charge in [0, 0.05) is 25.1 Å². The van der Waals surface area contributed by atoms with Crippen LogP contribution >= 0.6 is 0 Å². The smallest absolute Gasteiger partial charge is 0.404 e. The fourth-order valence-electron chi connectivity index (χ4n) is 9.10. The van der Waals surface area contributed by atoms with Gasteiger partial charge in [0.15, 0.2) is 17.6 Å². The fraction of sp³-hybridized carbons (Fsp3) is 0.229. The first-order valence-corrected chi connectivity index (χ1v) is 19.0. The zero-order valence-corrected chi connectivity index (χ0v) is 32.3. The first-order valence-electron chi connectivity index (χ1n) is 19.0. The van der Waals surface area contributed by atoms with Gasteiger partial charge in [-0.2, -0.15) is 0 Å². The second-order valence-corrected chi connectivity index (χ2v) is 17.1. The monoisotopic (exact) mass is 708 g/mol. The summed E-state index contributed by atoms with van der Waals surface area (Å²) < 4.78 is 16.7. The summed E-state index contributed by atoms with van der Waals surface area (Å²) in [6.07, 6.45) is 2.18. The van der Waals surface area contributed by atoms with E-state index >= 15 is 0 Å². The molecule has 10 rings (SSSR count). The molecule has 0 fully saturated rings. The Morgan fingerprint density at radius 3 is 1.94 bits per heavy atom. The third-order valence-corrected chi connectivity index (χ3v) is 11.7. The minimum absolute atomic E-state index is 0.0343. The third-order valence-electron chi connectivity index (χ3n) is 11.7. The summed E-state index contributed by atoms with van der Waals surface area (Å²) in [6.45, 7) is 18.4. The zero-order chi connectivity index (χ0) is 37.3. The number of ether oxygens (including phenoxy) is 1. The standard InChI is InChI=1S/C48H46N5O/c1-31-44(35-25-23-34(24-26-35)33-16-10-9-11-17-33)32(2)53-48-45-39(18-14-19-40(45)54-43-22-12-13-27-49(43)48)50(41-20-15-21-42(51(41)48)52(31)53)38-29-36(46(3,4)5)28-37(30-38)47(6,7)8/h9-30H,1-8H3/q+3. The van der Waals surface area contributed by atoms with Crippen molar-refractivity contribution in [1.82, 2.24) is 4.68 Å². The van der Waals surface area contributed by atoms with E-state index in [2.05, 4.69) is 212 Å². The summed E-state index contributed by atoms with van der Waals surface area (Å²) >= 11 is 0. The van der Waals surface area contributed by atoms with Crippen LogP contribution in [0.3, 0.4) is 0 Å². The van der Waals surface area contributed by atoms with Gasteiger partial charge in [0.05, 0.1) is 16.3 Å². The molecule has 0 amide bonds. The Hall–Kier alpha value is -6.01. The van der Waals surface area contributed by atoms with E-state index in [4.69, 9.17) is 4.74 Å². The van der Waals surface area contributed by atoms with Crippen LogP contribution in [0, 0.1) is 13.8 Å². The molecule has 54 heavy (non-hydrogen) atoms. The summed E-state index contributed by atoms with van der Waals surface area (Å²) in [4.78, 5) is 2.46. The van der Waals surface area contributed by atoms with Crippen molar-refractivity contribution < 1.29 is 18.6 Å². The number of hydrogen-bond acceptors (Lipinski definition) is 2. The highest BCUT2D eigenvalue weighted by Gasteiger charge is 2.77. The minimum Gasteiger partial charge on any atom is -0.404 e. The zero-order valence-electron chi connectivity index (χ0n) is 32.3. The Bertz CT molecular complexity index is 2640. The lowest BCUT2D eigenvalue weighted by Crippen LogP contribution is -2.87. The molecule has 6 heteroatoms. The Balaban J connectivity index is 1.29. The number of aromatic nitrogens is 4. The molecule has 6 nitrogen and oxygen atoms in total. The number of fused-ring (bicyclic) bond motifs is 3. The largest absolute Gasteiger partial charge is 0.565 e. The molecule has 3 aromatic heterocycles. The van der Waals surface area contributed by atoms with Gasteiger partial charge in [0.2, 0.25) is 17.1 Å². The Kier molecular flexibility index (Phi) is 6.65. The molecular formula is C48H46N5O+3. The maximum atomic E-state index is 6.86. The fourth-order valence-corrected chi connectivity index (χ4v) is 9.10. The Morgan fingerprint density at radius 1 is 0.611 bits per heavy atom. The summed E-state index contributed by atoms with van der Waals surface area (Å²) in [5.41, 5.74) is 13.1. The van der Waals surface area contributed by atoms with Gasteiger partial charge in [-0.15, -0.1) is 0 Å². The van der Waals surface area contributed by atoms with Crippen LogP contribution < -0.4 is 23.5 Å². The van der Waals surface area contributed by atoms with E-state index in [0.29, 0.717) is 0 Å². The molecule has 4 aromatic carbocycles. The van der Waals surface area contributed by atoms with E-state index in [1.807, 2.05) is 0 Å². The van der Waals surface area contributed by atoms with Crippen molar-refractivity contribution in [1.29, 1.82) is 0 Å². The van der Waals surface area contributed by atoms with Crippen LogP contribution in [0.4, 0.5) is 17.2 Å². The van der Waals surface area contributed by atoms with Gasteiger partial charge >= 0.3 is 17.5 Å². The molecule has 0 N–H and O–H groups in total. The first kappa shape index (κ1) is 32.6. The summed E-state index contributed by atoms with van der Waals surface area (Å²) in [5.74, 6) is 3.01. The molecule has 6 heterocycles. The SMILES string of the molecule is Cc1c(-c2ccc(-c3ccccc3)cc2)c(C)[n+]2n1-c1cccc3[n+]1C21c2c(cccc2N3c2cc(C(C)(C)C)cc(C(C)(C)C)c2)Oc2cccc[n+]21. The molecule has 1 unspecified atom stereocenters. The van der Waals surface area contributed by atoms with Crippen LogP contribution in [0.15, 0.2) is 134 Å². The van der Waals surface area contributed by atoms with Crippen LogP contribution in [-0.4, -0.2) is 4.68 Å². The molecule has 1 spiro atoms. The Morgan fingerprint density at radius 2 is 1.24 bits per heavy atom. The van der Waals surface area contributed by atoms with E-state index in [1.165, 1.54) is 44.8 Å². The first-order chi connectivity index (χ1) is 25.9. The topological polar surface area (TPSA) is 29.0 Å². The molecule has 0 aliphatic carbocycles. The average Bonchev–Trinajstić information content (AvgIpc) is 3.61. The summed E-state index contributed by atoms with van der Waals surface area (Å²) in [7, 11) is 0. The lowest BCUT2D eigenvalue weighted by atomic mass is 9.80. The quantitative estimate of drug-likeness (QED) is 0.171. The molecule has 3 aliphatic rings. The van der Waals surface area contributed by atoms with Crippen molar-refractivity contribution in [3.63, 3.8) is 0 Å². The minimum atomic E-state index is -0.825. The van der Waals surface area contributed by atoms with Crippen molar-refractivity contribution in [2.75, 3.05) is 4.90 Å². The van der Waals surface area contributed by atoms with Gasteiger partial charge in [-0.3, -0.25) is 0 Å². The molecule has 0 bridgehead atoms. The van der Waals surface area contributed by atoms with E-state index < -0.39 is 5.79 Å². The number of pyridine rings is 2. The van der Waals surface area contributed by atoms with Gasteiger partial charge < -0.3 is 4.74 Å². The molecule has 0 saturated heterocycles.